The molecule has 0 fully saturated rings. The maximum absolute atomic E-state index is 5.76. The molecular weight excluding hydrogens is 124 g/mol. The van der Waals surface area contributed by atoms with Crippen molar-refractivity contribution in [3.05, 3.63) is 0 Å². The average Bonchev–Trinajstić information content (AvgIpc) is 1.67. The lowest BCUT2D eigenvalue weighted by molar-refractivity contribution is 0.248. The largest absolute Gasteiger partial charge is 0.300 e. The van der Waals surface area contributed by atoms with E-state index in [2.05, 4.69) is 0 Å². The van der Waals surface area contributed by atoms with Gasteiger partial charge in [-0.3, -0.25) is 4.90 Å². The Kier molecular flexibility index (Phi) is 2.74. The van der Waals surface area contributed by atoms with Crippen LogP contribution in [0.4, 0.5) is 0 Å². The van der Waals surface area contributed by atoms with Gasteiger partial charge in [0.05, 0.1) is 0 Å². The van der Waals surface area contributed by atoms with E-state index in [1.807, 2.05) is 21.0 Å². The molecule has 0 rings (SSSR count). The summed E-state index contributed by atoms with van der Waals surface area (Å²) in [5, 5.41) is -0.653. The van der Waals surface area contributed by atoms with Gasteiger partial charge < -0.3 is 5.73 Å². The minimum absolute atomic E-state index is 0.653. The standard InChI is InChI=1S/C5H13ClN2/c1-4-5(6,7)8(2)3/h4,7H2,1-3H3. The molecule has 0 aromatic heterocycles. The first-order chi connectivity index (χ1) is 3.50. The van der Waals surface area contributed by atoms with Crippen molar-refractivity contribution in [2.45, 2.75) is 18.5 Å². The summed E-state index contributed by atoms with van der Waals surface area (Å²) in [7, 11) is 3.72. The number of halogens is 1. The van der Waals surface area contributed by atoms with Crippen molar-refractivity contribution in [3.63, 3.8) is 0 Å². The van der Waals surface area contributed by atoms with Crippen LogP contribution in [-0.4, -0.2) is 24.1 Å². The maximum atomic E-state index is 5.76. The van der Waals surface area contributed by atoms with Gasteiger partial charge in [-0.1, -0.05) is 18.5 Å². The van der Waals surface area contributed by atoms with E-state index < -0.39 is 5.12 Å². The predicted molar refractivity (Wildman–Crippen MR) is 36.7 cm³/mol. The highest BCUT2D eigenvalue weighted by atomic mass is 35.5. The van der Waals surface area contributed by atoms with Gasteiger partial charge in [0.15, 0.2) is 0 Å². The third kappa shape index (κ3) is 1.99. The highest BCUT2D eigenvalue weighted by Crippen LogP contribution is 2.13. The van der Waals surface area contributed by atoms with Crippen molar-refractivity contribution < 1.29 is 0 Å². The SMILES string of the molecule is CCC(N)(Cl)N(C)C. The zero-order valence-corrected chi connectivity index (χ0v) is 6.37. The molecule has 0 heterocycles. The molecule has 0 bridgehead atoms. The Morgan fingerprint density at radius 1 is 1.62 bits per heavy atom. The summed E-state index contributed by atoms with van der Waals surface area (Å²) < 4.78 is 0. The van der Waals surface area contributed by atoms with E-state index >= 15 is 0 Å². The first-order valence-corrected chi connectivity index (χ1v) is 3.03. The number of rotatable bonds is 2. The van der Waals surface area contributed by atoms with E-state index in [1.165, 1.54) is 0 Å². The molecule has 2 nitrogen and oxygen atoms in total. The summed E-state index contributed by atoms with van der Waals surface area (Å²) in [4.78, 5) is 1.79. The molecule has 1 atom stereocenters. The summed E-state index contributed by atoms with van der Waals surface area (Å²) in [6.07, 6.45) is 0.752. The van der Waals surface area contributed by atoms with E-state index in [-0.39, 0.29) is 0 Å². The molecule has 0 aliphatic heterocycles. The van der Waals surface area contributed by atoms with Crippen LogP contribution in [0.2, 0.25) is 0 Å². The lowest BCUT2D eigenvalue weighted by atomic mass is 10.3. The Morgan fingerprint density at radius 2 is 2.00 bits per heavy atom. The van der Waals surface area contributed by atoms with Crippen LogP contribution in [0.25, 0.3) is 0 Å². The Balaban J connectivity index is 3.71. The van der Waals surface area contributed by atoms with Gasteiger partial charge in [0, 0.05) is 0 Å². The molecule has 8 heavy (non-hydrogen) atoms. The molecule has 0 saturated heterocycles. The number of nitrogens with zero attached hydrogens (tertiary/aromatic N) is 1. The summed E-state index contributed by atoms with van der Waals surface area (Å²) in [6, 6.07) is 0. The van der Waals surface area contributed by atoms with Crippen LogP contribution in [0.3, 0.4) is 0 Å². The highest BCUT2D eigenvalue weighted by molar-refractivity contribution is 6.23. The zero-order chi connectivity index (χ0) is 6.78. The van der Waals surface area contributed by atoms with Gasteiger partial charge in [-0.05, 0) is 20.5 Å². The number of hydrogen-bond donors (Lipinski definition) is 1. The van der Waals surface area contributed by atoms with Gasteiger partial charge in [-0.15, -0.1) is 0 Å². The van der Waals surface area contributed by atoms with Crippen molar-refractivity contribution >= 4 is 11.6 Å². The molecule has 0 saturated carbocycles. The number of hydrogen-bond acceptors (Lipinski definition) is 2. The van der Waals surface area contributed by atoms with Crippen molar-refractivity contribution in [1.29, 1.82) is 0 Å². The van der Waals surface area contributed by atoms with Crippen molar-refractivity contribution in [2.75, 3.05) is 14.1 Å². The van der Waals surface area contributed by atoms with E-state index in [9.17, 15) is 0 Å². The summed E-state index contributed by atoms with van der Waals surface area (Å²) in [5.41, 5.74) is 5.55. The van der Waals surface area contributed by atoms with Gasteiger partial charge in [0.1, 0.15) is 5.12 Å². The molecule has 0 radical (unpaired) electrons. The van der Waals surface area contributed by atoms with Crippen LogP contribution < -0.4 is 5.73 Å². The van der Waals surface area contributed by atoms with E-state index in [0.29, 0.717) is 0 Å². The first-order valence-electron chi connectivity index (χ1n) is 2.66. The van der Waals surface area contributed by atoms with Crippen LogP contribution in [0.15, 0.2) is 0 Å². The van der Waals surface area contributed by atoms with Crippen molar-refractivity contribution in [3.8, 4) is 0 Å². The maximum Gasteiger partial charge on any atom is 0.145 e. The molecule has 50 valence electrons. The molecule has 0 aromatic carbocycles. The van der Waals surface area contributed by atoms with Gasteiger partial charge in [0.2, 0.25) is 0 Å². The van der Waals surface area contributed by atoms with Gasteiger partial charge in [-0.25, -0.2) is 0 Å². The second kappa shape index (κ2) is 2.67. The minimum Gasteiger partial charge on any atom is -0.300 e. The van der Waals surface area contributed by atoms with Crippen LogP contribution in [0.5, 0.6) is 0 Å². The van der Waals surface area contributed by atoms with Crippen LogP contribution in [0, 0.1) is 0 Å². The van der Waals surface area contributed by atoms with E-state index in [4.69, 9.17) is 17.3 Å². The zero-order valence-electron chi connectivity index (χ0n) is 5.61. The number of nitrogens with two attached hydrogens (primary N) is 1. The Bertz CT molecular complexity index is 70.8. The highest BCUT2D eigenvalue weighted by Gasteiger charge is 2.20. The van der Waals surface area contributed by atoms with Crippen molar-refractivity contribution in [2.24, 2.45) is 5.73 Å². The third-order valence-electron chi connectivity index (χ3n) is 1.24. The molecule has 0 aliphatic carbocycles. The second-order valence-corrected chi connectivity index (χ2v) is 2.72. The fourth-order valence-corrected chi connectivity index (χ4v) is 0.316. The van der Waals surface area contributed by atoms with Crippen LogP contribution >= 0.6 is 11.6 Å². The van der Waals surface area contributed by atoms with Crippen LogP contribution in [0.1, 0.15) is 13.3 Å². The monoisotopic (exact) mass is 136 g/mol. The summed E-state index contributed by atoms with van der Waals surface area (Å²) in [5.74, 6) is 0. The normalized spacial score (nSPS) is 18.8. The molecule has 0 aromatic rings. The Labute approximate surface area is 55.6 Å². The molecule has 0 spiro atoms. The molecule has 2 N–H and O–H groups in total. The predicted octanol–water partition coefficient (Wildman–Crippen LogP) is 0.809. The topological polar surface area (TPSA) is 29.3 Å². The van der Waals surface area contributed by atoms with Gasteiger partial charge >= 0.3 is 0 Å². The molecule has 3 heteroatoms. The summed E-state index contributed by atoms with van der Waals surface area (Å²) >= 11 is 5.76. The molecular formula is C5H13ClN2. The minimum atomic E-state index is -0.653. The number of alkyl halides is 1. The quantitative estimate of drug-likeness (QED) is 0.346. The Hall–Kier alpha value is 0.210. The van der Waals surface area contributed by atoms with Crippen molar-refractivity contribution in [1.82, 2.24) is 4.90 Å². The van der Waals surface area contributed by atoms with E-state index in [0.717, 1.165) is 6.42 Å². The van der Waals surface area contributed by atoms with E-state index in [1.54, 1.807) is 4.90 Å². The van der Waals surface area contributed by atoms with Crippen LogP contribution in [-0.2, 0) is 0 Å². The second-order valence-electron chi connectivity index (χ2n) is 2.07. The molecule has 1 unspecified atom stereocenters. The molecule has 0 aliphatic rings. The summed E-state index contributed by atoms with van der Waals surface area (Å²) in [6.45, 7) is 1.95. The average molecular weight is 137 g/mol. The third-order valence-corrected chi connectivity index (χ3v) is 1.84. The fraction of sp³-hybridized carbons (Fsp3) is 1.00. The lowest BCUT2D eigenvalue weighted by Gasteiger charge is -2.27. The van der Waals surface area contributed by atoms with Gasteiger partial charge in [0.25, 0.3) is 0 Å². The Morgan fingerprint density at radius 3 is 2.00 bits per heavy atom. The first kappa shape index (κ1) is 8.21. The van der Waals surface area contributed by atoms with Gasteiger partial charge in [-0.2, -0.15) is 0 Å². The lowest BCUT2D eigenvalue weighted by Crippen LogP contribution is -2.46. The molecule has 0 amide bonds. The smallest absolute Gasteiger partial charge is 0.145 e. The fourth-order valence-electron chi connectivity index (χ4n) is 0.316.